The lowest BCUT2D eigenvalue weighted by Crippen LogP contribution is -2.49. The van der Waals surface area contributed by atoms with Gasteiger partial charge in [0.1, 0.15) is 0 Å². The van der Waals surface area contributed by atoms with Crippen molar-refractivity contribution in [2.24, 2.45) is 0 Å². The molecule has 0 saturated carbocycles. The van der Waals surface area contributed by atoms with Gasteiger partial charge >= 0.3 is 0 Å². The van der Waals surface area contributed by atoms with Gasteiger partial charge in [0.2, 0.25) is 5.91 Å². The van der Waals surface area contributed by atoms with E-state index in [1.807, 2.05) is 25.7 Å². The molecule has 20 heavy (non-hydrogen) atoms. The van der Waals surface area contributed by atoms with Crippen LogP contribution in [0.2, 0.25) is 0 Å². The predicted octanol–water partition coefficient (Wildman–Crippen LogP) is 1.66. The zero-order valence-corrected chi connectivity index (χ0v) is 13.4. The number of nitrogens with zero attached hydrogens (tertiary/aromatic N) is 2. The van der Waals surface area contributed by atoms with Gasteiger partial charge in [-0.25, -0.2) is 4.98 Å². The second-order valence-electron chi connectivity index (χ2n) is 5.23. The first-order chi connectivity index (χ1) is 9.49. The highest BCUT2D eigenvalue weighted by molar-refractivity contribution is 7.11. The van der Waals surface area contributed by atoms with Crippen molar-refractivity contribution in [2.75, 3.05) is 26.3 Å². The van der Waals surface area contributed by atoms with Crippen LogP contribution in [0, 0.1) is 13.8 Å². The van der Waals surface area contributed by atoms with Crippen LogP contribution in [0.3, 0.4) is 0 Å². The van der Waals surface area contributed by atoms with Crippen LogP contribution in [0.4, 0.5) is 0 Å². The Kier molecular flexibility index (Phi) is 5.12. The molecular formula is C14H23N3O2S. The van der Waals surface area contributed by atoms with E-state index < -0.39 is 0 Å². The molecule has 1 aromatic rings. The first-order valence-corrected chi connectivity index (χ1v) is 7.87. The molecule has 1 fully saturated rings. The van der Waals surface area contributed by atoms with Crippen LogP contribution in [0.15, 0.2) is 0 Å². The number of aromatic nitrogens is 1. The van der Waals surface area contributed by atoms with Crippen molar-refractivity contribution < 1.29 is 9.53 Å². The van der Waals surface area contributed by atoms with Crippen molar-refractivity contribution >= 4 is 17.2 Å². The monoisotopic (exact) mass is 297 g/mol. The molecule has 0 radical (unpaired) electrons. The molecule has 1 saturated heterocycles. The number of amides is 1. The number of aryl methyl sites for hydroxylation is 2. The molecule has 2 atom stereocenters. The molecule has 2 unspecified atom stereocenters. The maximum absolute atomic E-state index is 12.4. The maximum atomic E-state index is 12.4. The van der Waals surface area contributed by atoms with E-state index in [1.54, 1.807) is 11.3 Å². The fourth-order valence-corrected chi connectivity index (χ4v) is 3.47. The Bertz CT molecular complexity index is 469. The number of hydrogen-bond donors (Lipinski definition) is 1. The minimum Gasteiger partial charge on any atom is -0.378 e. The predicted molar refractivity (Wildman–Crippen MR) is 80.0 cm³/mol. The van der Waals surface area contributed by atoms with Crippen molar-refractivity contribution in [3.8, 4) is 0 Å². The van der Waals surface area contributed by atoms with Gasteiger partial charge < -0.3 is 9.64 Å². The van der Waals surface area contributed by atoms with Crippen LogP contribution >= 0.6 is 11.3 Å². The lowest BCUT2D eigenvalue weighted by atomic mass is 10.2. The second kappa shape index (κ2) is 6.65. The van der Waals surface area contributed by atoms with Crippen molar-refractivity contribution in [3.05, 3.63) is 15.6 Å². The molecule has 0 aromatic carbocycles. The Morgan fingerprint density at radius 3 is 2.55 bits per heavy atom. The van der Waals surface area contributed by atoms with Crippen LogP contribution in [-0.2, 0) is 9.53 Å². The number of carbonyl (C=O) groups is 1. The lowest BCUT2D eigenvalue weighted by Gasteiger charge is -2.30. The summed E-state index contributed by atoms with van der Waals surface area (Å²) in [6.07, 6.45) is 0. The molecule has 1 aliphatic rings. The summed E-state index contributed by atoms with van der Waals surface area (Å²) in [5.41, 5.74) is 1.05. The van der Waals surface area contributed by atoms with Gasteiger partial charge in [0.15, 0.2) is 0 Å². The van der Waals surface area contributed by atoms with E-state index in [4.69, 9.17) is 4.74 Å². The molecule has 1 aliphatic heterocycles. The molecule has 2 heterocycles. The highest BCUT2D eigenvalue weighted by Gasteiger charge is 2.24. The Morgan fingerprint density at radius 2 is 2.00 bits per heavy atom. The molecule has 1 aromatic heterocycles. The Hall–Kier alpha value is -0.980. The highest BCUT2D eigenvalue weighted by Crippen LogP contribution is 2.24. The summed E-state index contributed by atoms with van der Waals surface area (Å²) in [5, 5.41) is 4.45. The van der Waals surface area contributed by atoms with Gasteiger partial charge in [-0.2, -0.15) is 0 Å². The largest absolute Gasteiger partial charge is 0.378 e. The zero-order chi connectivity index (χ0) is 14.7. The van der Waals surface area contributed by atoms with Crippen LogP contribution in [0.1, 0.15) is 35.5 Å². The normalized spacial score (nSPS) is 18.9. The average molecular weight is 297 g/mol. The smallest absolute Gasteiger partial charge is 0.239 e. The lowest BCUT2D eigenvalue weighted by molar-refractivity contribution is -0.137. The Balaban J connectivity index is 1.94. The van der Waals surface area contributed by atoms with Crippen LogP contribution in [0.5, 0.6) is 0 Å². The number of ether oxygens (including phenoxy) is 1. The topological polar surface area (TPSA) is 54.5 Å². The third kappa shape index (κ3) is 3.56. The van der Waals surface area contributed by atoms with Crippen molar-refractivity contribution in [3.63, 3.8) is 0 Å². The van der Waals surface area contributed by atoms with E-state index in [0.29, 0.717) is 26.3 Å². The number of thiazole rings is 1. The second-order valence-corrected chi connectivity index (χ2v) is 6.47. The summed E-state index contributed by atoms with van der Waals surface area (Å²) in [4.78, 5) is 19.9. The maximum Gasteiger partial charge on any atom is 0.239 e. The van der Waals surface area contributed by atoms with E-state index in [2.05, 4.69) is 17.2 Å². The van der Waals surface area contributed by atoms with Crippen molar-refractivity contribution in [1.29, 1.82) is 0 Å². The molecule has 112 valence electrons. The fraction of sp³-hybridized carbons (Fsp3) is 0.714. The molecule has 2 rings (SSSR count). The molecule has 1 N–H and O–H groups in total. The molecule has 6 heteroatoms. The van der Waals surface area contributed by atoms with Gasteiger partial charge in [-0.3, -0.25) is 10.1 Å². The molecule has 5 nitrogen and oxygen atoms in total. The van der Waals surface area contributed by atoms with Crippen LogP contribution in [-0.4, -0.2) is 48.1 Å². The minimum atomic E-state index is -0.190. The summed E-state index contributed by atoms with van der Waals surface area (Å²) >= 11 is 1.69. The molecule has 0 aliphatic carbocycles. The fourth-order valence-electron chi connectivity index (χ4n) is 2.53. The van der Waals surface area contributed by atoms with E-state index in [1.165, 1.54) is 4.88 Å². The molecule has 1 amide bonds. The number of morpholine rings is 1. The number of carbonyl (C=O) groups excluding carboxylic acids is 1. The average Bonchev–Trinajstić information content (AvgIpc) is 2.78. The third-order valence-electron chi connectivity index (χ3n) is 3.53. The van der Waals surface area contributed by atoms with Gasteiger partial charge in [0, 0.05) is 24.0 Å². The van der Waals surface area contributed by atoms with Crippen LogP contribution < -0.4 is 5.32 Å². The van der Waals surface area contributed by atoms with Gasteiger partial charge in [-0.15, -0.1) is 11.3 Å². The van der Waals surface area contributed by atoms with E-state index in [0.717, 1.165) is 10.7 Å². The first-order valence-electron chi connectivity index (χ1n) is 7.05. The molecule has 0 spiro atoms. The highest BCUT2D eigenvalue weighted by atomic mass is 32.1. The van der Waals surface area contributed by atoms with Crippen molar-refractivity contribution in [1.82, 2.24) is 15.2 Å². The SMILES string of the molecule is Cc1nc(C)c(C(C)NC(C)C(=O)N2CCOCC2)s1. The Morgan fingerprint density at radius 1 is 1.35 bits per heavy atom. The van der Waals surface area contributed by atoms with Crippen LogP contribution in [0.25, 0.3) is 0 Å². The zero-order valence-electron chi connectivity index (χ0n) is 12.6. The van der Waals surface area contributed by atoms with E-state index in [9.17, 15) is 4.79 Å². The first kappa shape index (κ1) is 15.4. The summed E-state index contributed by atoms with van der Waals surface area (Å²) < 4.78 is 5.28. The summed E-state index contributed by atoms with van der Waals surface area (Å²) in [6, 6.07) is -0.0499. The van der Waals surface area contributed by atoms with Gasteiger partial charge in [0.25, 0.3) is 0 Å². The van der Waals surface area contributed by atoms with Gasteiger partial charge in [0.05, 0.1) is 30.0 Å². The number of rotatable bonds is 4. The third-order valence-corrected chi connectivity index (χ3v) is 4.78. The molecular weight excluding hydrogens is 274 g/mol. The van der Waals surface area contributed by atoms with E-state index >= 15 is 0 Å². The summed E-state index contributed by atoms with van der Waals surface area (Å²) in [6.45, 7) is 10.7. The summed E-state index contributed by atoms with van der Waals surface area (Å²) in [7, 11) is 0. The van der Waals surface area contributed by atoms with Gasteiger partial charge in [-0.1, -0.05) is 0 Å². The van der Waals surface area contributed by atoms with E-state index in [-0.39, 0.29) is 18.0 Å². The number of hydrogen-bond acceptors (Lipinski definition) is 5. The molecule has 0 bridgehead atoms. The van der Waals surface area contributed by atoms with Gasteiger partial charge in [-0.05, 0) is 27.7 Å². The summed E-state index contributed by atoms with van der Waals surface area (Å²) in [5.74, 6) is 0.152. The minimum absolute atomic E-state index is 0.140. The quantitative estimate of drug-likeness (QED) is 0.918. The number of nitrogens with one attached hydrogen (secondary N) is 1. The van der Waals surface area contributed by atoms with Crippen molar-refractivity contribution in [2.45, 2.75) is 39.8 Å². The standard InChI is InChI=1S/C14H23N3O2S/c1-9(13-10(2)16-12(4)20-13)15-11(3)14(18)17-5-7-19-8-6-17/h9,11,15H,5-8H2,1-4H3. The Labute approximate surface area is 124 Å².